The summed E-state index contributed by atoms with van der Waals surface area (Å²) in [6, 6.07) is 3.51. The van der Waals surface area contributed by atoms with Gasteiger partial charge in [0.25, 0.3) is 5.91 Å². The van der Waals surface area contributed by atoms with Gasteiger partial charge in [-0.05, 0) is 36.0 Å². The number of amides is 1. The molecule has 1 fully saturated rings. The molecule has 3 rings (SSSR count). The molecule has 1 amide bonds. The predicted molar refractivity (Wildman–Crippen MR) is 78.9 cm³/mol. The third kappa shape index (κ3) is 2.57. The number of carbonyl (C=O) groups excluding carboxylic acids is 1. The zero-order valence-electron chi connectivity index (χ0n) is 10.4. The number of hydrogen-bond acceptors (Lipinski definition) is 4. The van der Waals surface area contributed by atoms with Crippen molar-refractivity contribution in [1.82, 2.24) is 10.6 Å². The summed E-state index contributed by atoms with van der Waals surface area (Å²) in [5.74, 6) is 0.867. The number of rotatable bonds is 1. The zero-order valence-corrected chi connectivity index (χ0v) is 11.9. The van der Waals surface area contributed by atoms with Crippen LogP contribution in [0.2, 0.25) is 5.02 Å². The summed E-state index contributed by atoms with van der Waals surface area (Å²) >= 11 is 11.1. The minimum Gasteiger partial charge on any atom is -0.489 e. The molecule has 2 aliphatic rings. The third-order valence-electron chi connectivity index (χ3n) is 2.86. The summed E-state index contributed by atoms with van der Waals surface area (Å²) in [6.45, 7) is 1.15. The first kappa shape index (κ1) is 13.2. The van der Waals surface area contributed by atoms with E-state index in [1.54, 1.807) is 18.2 Å². The molecule has 104 valence electrons. The van der Waals surface area contributed by atoms with E-state index in [0.29, 0.717) is 40.5 Å². The smallest absolute Gasteiger partial charge is 0.273 e. The van der Waals surface area contributed by atoms with Crippen molar-refractivity contribution < 1.29 is 14.3 Å². The maximum Gasteiger partial charge on any atom is 0.273 e. The van der Waals surface area contributed by atoms with E-state index in [-0.39, 0.29) is 5.91 Å². The normalized spacial score (nSPS) is 19.6. The lowest BCUT2D eigenvalue weighted by atomic mass is 10.1. The first-order valence-corrected chi connectivity index (χ1v) is 6.85. The topological polar surface area (TPSA) is 59.6 Å². The minimum absolute atomic E-state index is 0.266. The van der Waals surface area contributed by atoms with Crippen molar-refractivity contribution in [3.05, 3.63) is 28.4 Å². The molecule has 0 radical (unpaired) electrons. The van der Waals surface area contributed by atoms with Crippen LogP contribution in [0.1, 0.15) is 12.0 Å². The van der Waals surface area contributed by atoms with Gasteiger partial charge < -0.3 is 14.8 Å². The minimum atomic E-state index is -0.266. The average molecular weight is 311 g/mol. The van der Waals surface area contributed by atoms with Crippen LogP contribution in [0.5, 0.6) is 11.5 Å². The number of fused-ring (bicyclic) bond motifs is 1. The van der Waals surface area contributed by atoms with Gasteiger partial charge in [0.05, 0.1) is 18.2 Å². The molecule has 0 spiro atoms. The lowest BCUT2D eigenvalue weighted by Crippen LogP contribution is -2.21. The van der Waals surface area contributed by atoms with Crippen molar-refractivity contribution in [2.24, 2.45) is 0 Å². The fraction of sp³-hybridized carbons (Fsp3) is 0.231. The quantitative estimate of drug-likeness (QED) is 0.612. The zero-order chi connectivity index (χ0) is 14.1. The van der Waals surface area contributed by atoms with Gasteiger partial charge in [-0.15, -0.1) is 0 Å². The Hall–Kier alpha value is -1.79. The average Bonchev–Trinajstić information content (AvgIpc) is 2.61. The van der Waals surface area contributed by atoms with Gasteiger partial charge in [-0.2, -0.15) is 0 Å². The Labute approximate surface area is 125 Å². The van der Waals surface area contributed by atoms with E-state index in [1.807, 2.05) is 0 Å². The summed E-state index contributed by atoms with van der Waals surface area (Å²) < 4.78 is 11.1. The van der Waals surface area contributed by atoms with E-state index >= 15 is 0 Å². The van der Waals surface area contributed by atoms with Crippen LogP contribution in [-0.4, -0.2) is 24.2 Å². The highest BCUT2D eigenvalue weighted by atomic mass is 35.5. The van der Waals surface area contributed by atoms with Gasteiger partial charge in [0.2, 0.25) is 0 Å². The number of hydrogen-bond donors (Lipinski definition) is 2. The summed E-state index contributed by atoms with van der Waals surface area (Å²) in [6.07, 6.45) is 2.47. The van der Waals surface area contributed by atoms with E-state index in [1.165, 1.54) is 0 Å². The molecule has 20 heavy (non-hydrogen) atoms. The maximum absolute atomic E-state index is 11.6. The monoisotopic (exact) mass is 310 g/mol. The SMILES string of the molecule is O=C1NC(=S)NC1=Cc1cc(Cl)c2c(c1)OCCCO2. The van der Waals surface area contributed by atoms with Crippen LogP contribution in [0.25, 0.3) is 6.08 Å². The molecule has 0 saturated carbocycles. The van der Waals surface area contributed by atoms with E-state index in [0.717, 1.165) is 12.0 Å². The Kier molecular flexibility index (Phi) is 3.50. The van der Waals surface area contributed by atoms with Crippen molar-refractivity contribution in [1.29, 1.82) is 0 Å². The molecule has 0 bridgehead atoms. The molecule has 2 aliphatic heterocycles. The van der Waals surface area contributed by atoms with Crippen LogP contribution < -0.4 is 20.1 Å². The molecule has 5 nitrogen and oxygen atoms in total. The molecule has 1 aromatic carbocycles. The molecule has 0 atom stereocenters. The van der Waals surface area contributed by atoms with E-state index in [2.05, 4.69) is 10.6 Å². The Morgan fingerprint density at radius 1 is 1.25 bits per heavy atom. The fourth-order valence-corrected chi connectivity index (χ4v) is 2.46. The van der Waals surface area contributed by atoms with Gasteiger partial charge in [-0.3, -0.25) is 10.1 Å². The molecule has 1 aromatic rings. The van der Waals surface area contributed by atoms with Crippen molar-refractivity contribution in [2.75, 3.05) is 13.2 Å². The maximum atomic E-state index is 11.6. The first-order valence-electron chi connectivity index (χ1n) is 6.06. The molecular weight excluding hydrogens is 300 g/mol. The standard InChI is InChI=1S/C13H11ClN2O3S/c14-8-4-7(5-9-12(17)16-13(20)15-9)6-10-11(8)19-3-1-2-18-10/h4-6H,1-3H2,(H2,15,16,17,20). The van der Waals surface area contributed by atoms with Crippen molar-refractivity contribution in [3.8, 4) is 11.5 Å². The number of nitrogens with one attached hydrogen (secondary N) is 2. The lowest BCUT2D eigenvalue weighted by Gasteiger charge is -2.10. The molecule has 0 aliphatic carbocycles. The van der Waals surface area contributed by atoms with E-state index < -0.39 is 0 Å². The molecule has 0 aromatic heterocycles. The number of carbonyl (C=O) groups is 1. The number of benzene rings is 1. The van der Waals surface area contributed by atoms with Gasteiger partial charge in [0.15, 0.2) is 16.6 Å². The largest absolute Gasteiger partial charge is 0.489 e. The van der Waals surface area contributed by atoms with Crippen LogP contribution in [0.3, 0.4) is 0 Å². The van der Waals surface area contributed by atoms with Gasteiger partial charge in [-0.25, -0.2) is 0 Å². The Morgan fingerprint density at radius 3 is 2.80 bits per heavy atom. The number of ether oxygens (including phenoxy) is 2. The van der Waals surface area contributed by atoms with Crippen molar-refractivity contribution >= 4 is 40.9 Å². The van der Waals surface area contributed by atoms with Crippen LogP contribution in [0.15, 0.2) is 17.8 Å². The Morgan fingerprint density at radius 2 is 2.05 bits per heavy atom. The summed E-state index contributed by atoms with van der Waals surface area (Å²) in [5.41, 5.74) is 1.11. The molecule has 1 saturated heterocycles. The Balaban J connectivity index is 1.97. The van der Waals surface area contributed by atoms with Crippen molar-refractivity contribution in [3.63, 3.8) is 0 Å². The highest BCUT2D eigenvalue weighted by molar-refractivity contribution is 7.80. The summed E-state index contributed by atoms with van der Waals surface area (Å²) in [5, 5.41) is 6.03. The molecule has 0 unspecified atom stereocenters. The molecule has 2 heterocycles. The van der Waals surface area contributed by atoms with Gasteiger partial charge in [0, 0.05) is 6.42 Å². The van der Waals surface area contributed by atoms with Crippen LogP contribution >= 0.6 is 23.8 Å². The number of halogens is 1. The highest BCUT2D eigenvalue weighted by Crippen LogP contribution is 2.38. The Bertz CT molecular complexity index is 630. The molecule has 7 heteroatoms. The molecule has 2 N–H and O–H groups in total. The van der Waals surface area contributed by atoms with Crippen molar-refractivity contribution in [2.45, 2.75) is 6.42 Å². The van der Waals surface area contributed by atoms with Gasteiger partial charge >= 0.3 is 0 Å². The van der Waals surface area contributed by atoms with Gasteiger partial charge in [0.1, 0.15) is 5.70 Å². The fourth-order valence-electron chi connectivity index (χ4n) is 1.98. The third-order valence-corrected chi connectivity index (χ3v) is 3.34. The lowest BCUT2D eigenvalue weighted by molar-refractivity contribution is -0.115. The summed E-state index contributed by atoms with van der Waals surface area (Å²) in [4.78, 5) is 11.6. The second kappa shape index (κ2) is 5.30. The second-order valence-corrected chi connectivity index (χ2v) is 5.16. The van der Waals surface area contributed by atoms with Crippen LogP contribution in [-0.2, 0) is 4.79 Å². The van der Waals surface area contributed by atoms with E-state index in [9.17, 15) is 4.79 Å². The van der Waals surface area contributed by atoms with Crippen LogP contribution in [0.4, 0.5) is 0 Å². The predicted octanol–water partition coefficient (Wildman–Crippen LogP) is 1.85. The first-order chi connectivity index (χ1) is 9.63. The highest BCUT2D eigenvalue weighted by Gasteiger charge is 2.21. The number of thiocarbonyl (C=S) groups is 1. The summed E-state index contributed by atoms with van der Waals surface area (Å²) in [7, 11) is 0. The van der Waals surface area contributed by atoms with Crippen LogP contribution in [0, 0.1) is 0 Å². The second-order valence-electron chi connectivity index (χ2n) is 4.35. The molecular formula is C13H11ClN2O3S. The van der Waals surface area contributed by atoms with E-state index in [4.69, 9.17) is 33.3 Å². The van der Waals surface area contributed by atoms with Gasteiger partial charge in [-0.1, -0.05) is 11.6 Å².